The third kappa shape index (κ3) is 2.16. The molecule has 84 valence electrons. The summed E-state index contributed by atoms with van der Waals surface area (Å²) in [5.41, 5.74) is -0.220. The lowest BCUT2D eigenvalue weighted by Gasteiger charge is -2.26. The maximum atomic E-state index is 9.28. The molecule has 0 radical (unpaired) electrons. The molecule has 0 bridgehead atoms. The first kappa shape index (κ1) is 10.9. The Hall–Kier alpha value is -0.590. The second-order valence-corrected chi connectivity index (χ2v) is 4.86. The summed E-state index contributed by atoms with van der Waals surface area (Å²) >= 11 is 0. The van der Waals surface area contributed by atoms with E-state index in [4.69, 9.17) is 0 Å². The van der Waals surface area contributed by atoms with Crippen molar-refractivity contribution in [1.82, 2.24) is 10.2 Å². The van der Waals surface area contributed by atoms with Crippen molar-refractivity contribution in [2.75, 3.05) is 19.6 Å². The zero-order valence-electron chi connectivity index (χ0n) is 9.63. The number of hydrogen-bond donors (Lipinski definition) is 1. The van der Waals surface area contributed by atoms with Gasteiger partial charge in [-0.25, -0.2) is 0 Å². The van der Waals surface area contributed by atoms with Gasteiger partial charge in [0.1, 0.15) is 5.54 Å². The fourth-order valence-corrected chi connectivity index (χ4v) is 3.08. The average Bonchev–Trinajstić information content (AvgIpc) is 2.86. The number of nitriles is 1. The van der Waals surface area contributed by atoms with E-state index < -0.39 is 0 Å². The normalized spacial score (nSPS) is 36.9. The van der Waals surface area contributed by atoms with E-state index in [0.717, 1.165) is 19.4 Å². The number of nitrogens with zero attached hydrogens (tertiary/aromatic N) is 2. The Balaban J connectivity index is 1.95. The summed E-state index contributed by atoms with van der Waals surface area (Å²) < 4.78 is 0. The monoisotopic (exact) mass is 207 g/mol. The van der Waals surface area contributed by atoms with Gasteiger partial charge in [0, 0.05) is 6.04 Å². The van der Waals surface area contributed by atoms with Crippen LogP contribution in [-0.4, -0.2) is 36.1 Å². The standard InChI is InChI=1S/C12H21N3/c1-2-14-12(10-13)6-5-11(9-12)15-7-3-4-8-15/h11,14H,2-9H2,1H3. The molecule has 1 heterocycles. The number of rotatable bonds is 3. The fourth-order valence-electron chi connectivity index (χ4n) is 3.08. The molecule has 1 N–H and O–H groups in total. The Labute approximate surface area is 92.4 Å². The summed E-state index contributed by atoms with van der Waals surface area (Å²) in [5, 5.41) is 12.7. The maximum absolute atomic E-state index is 9.28. The lowest BCUT2D eigenvalue weighted by Crippen LogP contribution is -2.43. The third-order valence-corrected chi connectivity index (χ3v) is 3.87. The Kier molecular flexibility index (Phi) is 3.28. The molecule has 3 nitrogen and oxygen atoms in total. The van der Waals surface area contributed by atoms with Gasteiger partial charge >= 0.3 is 0 Å². The highest BCUT2D eigenvalue weighted by atomic mass is 15.2. The van der Waals surface area contributed by atoms with E-state index in [-0.39, 0.29) is 5.54 Å². The molecule has 0 spiro atoms. The quantitative estimate of drug-likeness (QED) is 0.762. The molecule has 15 heavy (non-hydrogen) atoms. The van der Waals surface area contributed by atoms with E-state index in [1.807, 2.05) is 0 Å². The summed E-state index contributed by atoms with van der Waals surface area (Å²) in [5.74, 6) is 0. The minimum atomic E-state index is -0.220. The van der Waals surface area contributed by atoms with Crippen LogP contribution in [0.1, 0.15) is 39.0 Å². The van der Waals surface area contributed by atoms with E-state index in [1.165, 1.54) is 32.4 Å². The molecule has 0 aromatic heterocycles. The number of likely N-dealkylation sites (tertiary alicyclic amines) is 1. The second-order valence-electron chi connectivity index (χ2n) is 4.86. The van der Waals surface area contributed by atoms with Crippen LogP contribution in [0, 0.1) is 11.3 Å². The fraction of sp³-hybridized carbons (Fsp3) is 0.917. The molecule has 1 aliphatic heterocycles. The van der Waals surface area contributed by atoms with Crippen LogP contribution >= 0.6 is 0 Å². The smallest absolute Gasteiger partial charge is 0.108 e. The molecule has 2 aliphatic rings. The molecule has 3 heteroatoms. The van der Waals surface area contributed by atoms with E-state index in [9.17, 15) is 5.26 Å². The molecule has 1 saturated heterocycles. The molecule has 1 saturated carbocycles. The van der Waals surface area contributed by atoms with Crippen molar-refractivity contribution < 1.29 is 0 Å². The van der Waals surface area contributed by atoms with Gasteiger partial charge in [-0.15, -0.1) is 0 Å². The molecular formula is C12H21N3. The van der Waals surface area contributed by atoms with E-state index in [2.05, 4.69) is 23.2 Å². The van der Waals surface area contributed by atoms with E-state index >= 15 is 0 Å². The molecule has 0 aromatic rings. The van der Waals surface area contributed by atoms with Crippen LogP contribution in [0.15, 0.2) is 0 Å². The average molecular weight is 207 g/mol. The Morgan fingerprint density at radius 3 is 2.80 bits per heavy atom. The molecular weight excluding hydrogens is 186 g/mol. The second kappa shape index (κ2) is 4.51. The van der Waals surface area contributed by atoms with Crippen molar-refractivity contribution in [1.29, 1.82) is 5.26 Å². The SMILES string of the molecule is CCNC1(C#N)CCC(N2CCCC2)C1. The Morgan fingerprint density at radius 2 is 2.20 bits per heavy atom. The van der Waals surface area contributed by atoms with Crippen molar-refractivity contribution in [3.05, 3.63) is 0 Å². The van der Waals surface area contributed by atoms with Crippen LogP contribution in [0.3, 0.4) is 0 Å². The van der Waals surface area contributed by atoms with Crippen molar-refractivity contribution in [3.63, 3.8) is 0 Å². The highest BCUT2D eigenvalue weighted by molar-refractivity contribution is 5.13. The van der Waals surface area contributed by atoms with Gasteiger partial charge in [0.25, 0.3) is 0 Å². The van der Waals surface area contributed by atoms with Crippen LogP contribution in [0.2, 0.25) is 0 Å². The van der Waals surface area contributed by atoms with E-state index in [1.54, 1.807) is 0 Å². The topological polar surface area (TPSA) is 39.1 Å². The van der Waals surface area contributed by atoms with Gasteiger partial charge in [-0.05, 0) is 51.7 Å². The molecule has 2 atom stereocenters. The highest BCUT2D eigenvalue weighted by Crippen LogP contribution is 2.34. The van der Waals surface area contributed by atoms with Gasteiger partial charge in [0.2, 0.25) is 0 Å². The van der Waals surface area contributed by atoms with Gasteiger partial charge < -0.3 is 4.90 Å². The summed E-state index contributed by atoms with van der Waals surface area (Å²) in [6, 6.07) is 3.15. The molecule has 1 aliphatic carbocycles. The van der Waals surface area contributed by atoms with Crippen molar-refractivity contribution in [2.24, 2.45) is 0 Å². The van der Waals surface area contributed by atoms with Crippen LogP contribution < -0.4 is 5.32 Å². The van der Waals surface area contributed by atoms with Gasteiger partial charge in [-0.3, -0.25) is 5.32 Å². The lowest BCUT2D eigenvalue weighted by molar-refractivity contribution is 0.237. The van der Waals surface area contributed by atoms with Gasteiger partial charge in [-0.1, -0.05) is 6.92 Å². The first-order valence-electron chi connectivity index (χ1n) is 6.20. The minimum absolute atomic E-state index is 0.220. The molecule has 0 aromatic carbocycles. The van der Waals surface area contributed by atoms with Gasteiger partial charge in [-0.2, -0.15) is 5.26 Å². The Morgan fingerprint density at radius 1 is 1.47 bits per heavy atom. The largest absolute Gasteiger partial charge is 0.300 e. The molecule has 2 fully saturated rings. The highest BCUT2D eigenvalue weighted by Gasteiger charge is 2.41. The lowest BCUT2D eigenvalue weighted by atomic mass is 9.99. The van der Waals surface area contributed by atoms with Gasteiger partial charge in [0.15, 0.2) is 0 Å². The van der Waals surface area contributed by atoms with Crippen LogP contribution in [0.25, 0.3) is 0 Å². The zero-order chi connectivity index (χ0) is 10.7. The summed E-state index contributed by atoms with van der Waals surface area (Å²) in [7, 11) is 0. The zero-order valence-corrected chi connectivity index (χ0v) is 9.63. The molecule has 2 rings (SSSR count). The summed E-state index contributed by atoms with van der Waals surface area (Å²) in [4.78, 5) is 2.58. The van der Waals surface area contributed by atoms with Crippen LogP contribution in [-0.2, 0) is 0 Å². The van der Waals surface area contributed by atoms with E-state index in [0.29, 0.717) is 6.04 Å². The van der Waals surface area contributed by atoms with Crippen molar-refractivity contribution in [3.8, 4) is 6.07 Å². The molecule has 2 unspecified atom stereocenters. The third-order valence-electron chi connectivity index (χ3n) is 3.87. The van der Waals surface area contributed by atoms with Crippen LogP contribution in [0.5, 0.6) is 0 Å². The first-order chi connectivity index (χ1) is 7.29. The minimum Gasteiger partial charge on any atom is -0.300 e. The maximum Gasteiger partial charge on any atom is 0.108 e. The predicted octanol–water partition coefficient (Wildman–Crippen LogP) is 1.51. The number of hydrogen-bond acceptors (Lipinski definition) is 3. The van der Waals surface area contributed by atoms with Crippen molar-refractivity contribution >= 4 is 0 Å². The summed E-state index contributed by atoms with van der Waals surface area (Å²) in [6.45, 7) is 5.49. The predicted molar refractivity (Wildman–Crippen MR) is 60.5 cm³/mol. The summed E-state index contributed by atoms with van der Waals surface area (Å²) in [6.07, 6.45) is 5.94. The number of nitrogens with one attached hydrogen (secondary N) is 1. The first-order valence-corrected chi connectivity index (χ1v) is 6.20. The van der Waals surface area contributed by atoms with Gasteiger partial charge in [0.05, 0.1) is 6.07 Å². The molecule has 0 amide bonds. The Bertz CT molecular complexity index is 252. The van der Waals surface area contributed by atoms with Crippen LogP contribution in [0.4, 0.5) is 0 Å². The van der Waals surface area contributed by atoms with Crippen molar-refractivity contribution in [2.45, 2.75) is 50.6 Å².